The maximum absolute atomic E-state index is 11.4. The van der Waals surface area contributed by atoms with Gasteiger partial charge in [-0.3, -0.25) is 4.79 Å². The molecule has 1 N–H and O–H groups in total. The van der Waals surface area contributed by atoms with Gasteiger partial charge in [-0.25, -0.2) is 9.97 Å². The molecule has 0 saturated carbocycles. The number of nitrogens with one attached hydrogen (secondary N) is 1. The van der Waals surface area contributed by atoms with Gasteiger partial charge in [-0.05, 0) is 6.92 Å². The summed E-state index contributed by atoms with van der Waals surface area (Å²) in [4.78, 5) is 21.0. The van der Waals surface area contributed by atoms with Crippen molar-refractivity contribution in [3.05, 3.63) is 11.5 Å². The summed E-state index contributed by atoms with van der Waals surface area (Å²) in [6, 6.07) is 0. The Morgan fingerprint density at radius 3 is 2.88 bits per heavy atom. The predicted octanol–water partition coefficient (Wildman–Crippen LogP) is 0.711. The molecule has 0 unspecified atom stereocenters. The second-order valence-electron chi connectivity index (χ2n) is 3.33. The number of carbonyl (C=O) groups excluding carboxylic acids is 1. The van der Waals surface area contributed by atoms with Crippen molar-refractivity contribution in [1.82, 2.24) is 15.3 Å². The molecule has 17 heavy (non-hydrogen) atoms. The zero-order valence-corrected chi connectivity index (χ0v) is 10.8. The van der Waals surface area contributed by atoms with E-state index in [0.29, 0.717) is 18.1 Å². The molecule has 1 heterocycles. The maximum Gasteiger partial charge on any atom is 0.239 e. The Morgan fingerprint density at radius 1 is 1.59 bits per heavy atom. The van der Waals surface area contributed by atoms with E-state index in [-0.39, 0.29) is 17.6 Å². The molecule has 0 aliphatic rings. The average molecular weight is 259 g/mol. The third kappa shape index (κ3) is 3.45. The van der Waals surface area contributed by atoms with Crippen LogP contribution >= 0.6 is 11.6 Å². The zero-order valence-electron chi connectivity index (χ0n) is 10.0. The standard InChI is InChI=1S/C10H15ClN4O2/c1-4-12-7(16)5-15(2)10-8(17-3)9(11)13-6-14-10/h6H,4-5H2,1-3H3,(H,12,16). The Bertz CT molecular complexity index is 400. The lowest BCUT2D eigenvalue weighted by Gasteiger charge is -2.19. The minimum absolute atomic E-state index is 0.0909. The molecule has 0 bridgehead atoms. The number of rotatable bonds is 5. The number of methoxy groups -OCH3 is 1. The molecule has 1 amide bonds. The normalized spacial score (nSPS) is 9.88. The summed E-state index contributed by atoms with van der Waals surface area (Å²) in [5.74, 6) is 0.756. The molecule has 0 saturated heterocycles. The van der Waals surface area contributed by atoms with E-state index in [1.807, 2.05) is 6.92 Å². The van der Waals surface area contributed by atoms with Gasteiger partial charge in [0.05, 0.1) is 13.7 Å². The summed E-state index contributed by atoms with van der Waals surface area (Å²) in [7, 11) is 3.21. The number of likely N-dealkylation sites (N-methyl/N-ethyl adjacent to an activating group) is 2. The lowest BCUT2D eigenvalue weighted by molar-refractivity contribution is -0.119. The van der Waals surface area contributed by atoms with Crippen LogP contribution in [0, 0.1) is 0 Å². The monoisotopic (exact) mass is 258 g/mol. The van der Waals surface area contributed by atoms with Crippen LogP contribution in [-0.2, 0) is 4.79 Å². The molecular weight excluding hydrogens is 244 g/mol. The molecule has 0 fully saturated rings. The van der Waals surface area contributed by atoms with Gasteiger partial charge >= 0.3 is 0 Å². The van der Waals surface area contributed by atoms with Crippen molar-refractivity contribution in [2.75, 3.05) is 32.1 Å². The Balaban J connectivity index is 2.85. The van der Waals surface area contributed by atoms with Crippen molar-refractivity contribution in [2.24, 2.45) is 0 Å². The summed E-state index contributed by atoms with van der Waals surface area (Å²) < 4.78 is 5.11. The largest absolute Gasteiger partial charge is 0.490 e. The minimum atomic E-state index is -0.0909. The van der Waals surface area contributed by atoms with E-state index in [4.69, 9.17) is 16.3 Å². The van der Waals surface area contributed by atoms with Gasteiger partial charge in [0.2, 0.25) is 5.91 Å². The summed E-state index contributed by atoms with van der Waals surface area (Å²) >= 11 is 5.87. The van der Waals surface area contributed by atoms with E-state index in [2.05, 4.69) is 15.3 Å². The van der Waals surface area contributed by atoms with Gasteiger partial charge in [-0.2, -0.15) is 0 Å². The molecule has 0 atom stereocenters. The smallest absolute Gasteiger partial charge is 0.239 e. The lowest BCUT2D eigenvalue weighted by Crippen LogP contribution is -2.35. The topological polar surface area (TPSA) is 67.4 Å². The molecule has 7 heteroatoms. The van der Waals surface area contributed by atoms with Crippen LogP contribution in [0.3, 0.4) is 0 Å². The van der Waals surface area contributed by atoms with E-state index in [1.165, 1.54) is 13.4 Å². The van der Waals surface area contributed by atoms with E-state index in [0.717, 1.165) is 0 Å². The highest BCUT2D eigenvalue weighted by Gasteiger charge is 2.16. The number of nitrogens with zero attached hydrogens (tertiary/aromatic N) is 3. The van der Waals surface area contributed by atoms with Crippen molar-refractivity contribution >= 4 is 23.3 Å². The number of amides is 1. The van der Waals surface area contributed by atoms with Gasteiger partial charge in [0.1, 0.15) is 6.33 Å². The molecule has 94 valence electrons. The highest BCUT2D eigenvalue weighted by molar-refractivity contribution is 6.31. The number of ether oxygens (including phenoxy) is 1. The van der Waals surface area contributed by atoms with Crippen molar-refractivity contribution < 1.29 is 9.53 Å². The number of hydrogen-bond acceptors (Lipinski definition) is 5. The van der Waals surface area contributed by atoms with Gasteiger partial charge in [-0.15, -0.1) is 0 Å². The molecule has 0 spiro atoms. The summed E-state index contributed by atoms with van der Waals surface area (Å²) in [5.41, 5.74) is 0. The van der Waals surface area contributed by atoms with Crippen LogP contribution in [0.1, 0.15) is 6.92 Å². The SMILES string of the molecule is CCNC(=O)CN(C)c1ncnc(Cl)c1OC. The van der Waals surface area contributed by atoms with E-state index in [9.17, 15) is 4.79 Å². The van der Waals surface area contributed by atoms with Crippen LogP contribution in [0.25, 0.3) is 0 Å². The third-order valence-electron chi connectivity index (χ3n) is 2.06. The Labute approximate surface area is 105 Å². The third-order valence-corrected chi connectivity index (χ3v) is 2.33. The molecular formula is C10H15ClN4O2. The summed E-state index contributed by atoms with van der Waals surface area (Å²) in [5, 5.41) is 2.92. The van der Waals surface area contributed by atoms with Crippen molar-refractivity contribution in [3.8, 4) is 5.75 Å². The number of halogens is 1. The van der Waals surface area contributed by atoms with Gasteiger partial charge in [0.25, 0.3) is 0 Å². The molecule has 1 aromatic heterocycles. The number of aromatic nitrogens is 2. The van der Waals surface area contributed by atoms with E-state index in [1.54, 1.807) is 11.9 Å². The molecule has 6 nitrogen and oxygen atoms in total. The highest BCUT2D eigenvalue weighted by Crippen LogP contribution is 2.30. The van der Waals surface area contributed by atoms with Gasteiger partial charge in [0, 0.05) is 13.6 Å². The Morgan fingerprint density at radius 2 is 2.29 bits per heavy atom. The fraction of sp³-hybridized carbons (Fsp3) is 0.500. The van der Waals surface area contributed by atoms with Crippen molar-refractivity contribution in [3.63, 3.8) is 0 Å². The van der Waals surface area contributed by atoms with Gasteiger partial charge in [-0.1, -0.05) is 11.6 Å². The predicted molar refractivity (Wildman–Crippen MR) is 65.5 cm³/mol. The number of carbonyl (C=O) groups is 1. The molecule has 0 aliphatic heterocycles. The van der Waals surface area contributed by atoms with Crippen LogP contribution in [0.15, 0.2) is 6.33 Å². The minimum Gasteiger partial charge on any atom is -0.490 e. The second kappa shape index (κ2) is 6.24. The molecule has 0 radical (unpaired) electrons. The lowest BCUT2D eigenvalue weighted by atomic mass is 10.4. The summed E-state index contributed by atoms with van der Waals surface area (Å²) in [6.45, 7) is 2.63. The van der Waals surface area contributed by atoms with Crippen LogP contribution in [-0.4, -0.2) is 43.1 Å². The average Bonchev–Trinajstić information content (AvgIpc) is 2.28. The van der Waals surface area contributed by atoms with Crippen molar-refractivity contribution in [2.45, 2.75) is 6.92 Å². The van der Waals surface area contributed by atoms with Gasteiger partial charge in [0.15, 0.2) is 16.7 Å². The molecule has 1 aromatic rings. The Hall–Kier alpha value is -1.56. The van der Waals surface area contributed by atoms with Crippen molar-refractivity contribution in [1.29, 1.82) is 0 Å². The molecule has 1 rings (SSSR count). The Kier molecular flexibility index (Phi) is 4.96. The molecule has 0 aromatic carbocycles. The summed E-state index contributed by atoms with van der Waals surface area (Å²) in [6.07, 6.45) is 1.33. The van der Waals surface area contributed by atoms with Crippen LogP contribution in [0.4, 0.5) is 5.82 Å². The zero-order chi connectivity index (χ0) is 12.8. The first-order valence-electron chi connectivity index (χ1n) is 5.12. The highest BCUT2D eigenvalue weighted by atomic mass is 35.5. The maximum atomic E-state index is 11.4. The van der Waals surface area contributed by atoms with E-state index < -0.39 is 0 Å². The first-order chi connectivity index (χ1) is 8.10. The number of hydrogen-bond donors (Lipinski definition) is 1. The van der Waals surface area contributed by atoms with Gasteiger partial charge < -0.3 is 15.0 Å². The number of anilines is 1. The fourth-order valence-electron chi connectivity index (χ4n) is 1.33. The first-order valence-corrected chi connectivity index (χ1v) is 5.50. The quantitative estimate of drug-likeness (QED) is 0.788. The fourth-order valence-corrected chi connectivity index (χ4v) is 1.54. The second-order valence-corrected chi connectivity index (χ2v) is 3.69. The first kappa shape index (κ1) is 13.5. The van der Waals surface area contributed by atoms with Crippen LogP contribution < -0.4 is 15.0 Å². The molecule has 0 aliphatic carbocycles. The van der Waals surface area contributed by atoms with Crippen LogP contribution in [0.2, 0.25) is 5.15 Å². The van der Waals surface area contributed by atoms with E-state index >= 15 is 0 Å². The van der Waals surface area contributed by atoms with Crippen LogP contribution in [0.5, 0.6) is 5.75 Å².